The van der Waals surface area contributed by atoms with Crippen LogP contribution in [0.4, 0.5) is 5.69 Å². The summed E-state index contributed by atoms with van der Waals surface area (Å²) in [5.74, 6) is 0.712. The molecule has 0 spiro atoms. The van der Waals surface area contributed by atoms with E-state index in [1.165, 1.54) is 11.3 Å². The van der Waals surface area contributed by atoms with Crippen molar-refractivity contribution in [2.45, 2.75) is 26.4 Å². The number of pyridine rings is 1. The summed E-state index contributed by atoms with van der Waals surface area (Å²) in [4.78, 5) is 26.4. The first kappa shape index (κ1) is 19.8. The van der Waals surface area contributed by atoms with E-state index in [4.69, 9.17) is 9.72 Å². The maximum Gasteiger partial charge on any atom is 0.243 e. The van der Waals surface area contributed by atoms with Gasteiger partial charge in [-0.05, 0) is 37.6 Å². The second-order valence-corrected chi connectivity index (χ2v) is 8.44. The normalized spacial score (nSPS) is 20.1. The van der Waals surface area contributed by atoms with Crippen molar-refractivity contribution in [2.24, 2.45) is 5.92 Å². The van der Waals surface area contributed by atoms with Crippen LogP contribution in [0, 0.1) is 12.8 Å². The van der Waals surface area contributed by atoms with Crippen LogP contribution in [0.25, 0.3) is 22.3 Å². The Morgan fingerprint density at radius 3 is 2.81 bits per heavy atom. The molecule has 2 aromatic heterocycles. The Morgan fingerprint density at radius 1 is 1.23 bits per heavy atom. The van der Waals surface area contributed by atoms with Crippen LogP contribution in [-0.2, 0) is 4.79 Å². The van der Waals surface area contributed by atoms with Gasteiger partial charge in [0, 0.05) is 56.3 Å². The second kappa shape index (κ2) is 8.19. The number of piperazine rings is 1. The van der Waals surface area contributed by atoms with Crippen LogP contribution < -0.4 is 20.3 Å². The Hall–Kier alpha value is -3.13. The highest BCUT2D eigenvalue weighted by Gasteiger charge is 2.29. The van der Waals surface area contributed by atoms with E-state index < -0.39 is 0 Å². The Kier molecular flexibility index (Phi) is 5.23. The minimum absolute atomic E-state index is 0.0760. The molecular formula is C23H28N6O2. The molecule has 2 aliphatic rings. The summed E-state index contributed by atoms with van der Waals surface area (Å²) in [6.07, 6.45) is 2.00. The van der Waals surface area contributed by atoms with Gasteiger partial charge in [0.15, 0.2) is 5.52 Å². The lowest BCUT2D eigenvalue weighted by atomic mass is 10.0. The molecule has 8 nitrogen and oxygen atoms in total. The Balaban J connectivity index is 1.45. The predicted molar refractivity (Wildman–Crippen MR) is 120 cm³/mol. The number of aromatic nitrogens is 3. The molecule has 3 N–H and O–H groups in total. The molecule has 0 radical (unpaired) electrons. The quantitative estimate of drug-likeness (QED) is 0.586. The number of benzene rings is 1. The van der Waals surface area contributed by atoms with Crippen LogP contribution in [0.2, 0.25) is 0 Å². The van der Waals surface area contributed by atoms with E-state index in [2.05, 4.69) is 50.6 Å². The number of imidazole rings is 1. The number of ether oxygens (including phenoxy) is 1. The van der Waals surface area contributed by atoms with Gasteiger partial charge in [-0.1, -0.05) is 6.07 Å². The van der Waals surface area contributed by atoms with Gasteiger partial charge < -0.3 is 25.3 Å². The first-order valence-electron chi connectivity index (χ1n) is 10.9. The maximum atomic E-state index is 11.6. The van der Waals surface area contributed by atoms with Crippen LogP contribution in [0.15, 0.2) is 30.6 Å². The monoisotopic (exact) mass is 420 g/mol. The Bertz CT molecular complexity index is 1100. The number of carbonyl (C=O) groups excluding carboxylic acids is 1. The lowest BCUT2D eigenvalue weighted by Crippen LogP contribution is -2.43. The first-order valence-corrected chi connectivity index (χ1v) is 10.9. The molecule has 5 rings (SSSR count). The summed E-state index contributed by atoms with van der Waals surface area (Å²) < 4.78 is 6.23. The topological polar surface area (TPSA) is 95.2 Å². The summed E-state index contributed by atoms with van der Waals surface area (Å²) in [5, 5.41) is 6.28. The third kappa shape index (κ3) is 3.95. The fourth-order valence-electron chi connectivity index (χ4n) is 4.45. The highest BCUT2D eigenvalue weighted by Crippen LogP contribution is 2.32. The van der Waals surface area contributed by atoms with Crippen molar-refractivity contribution in [3.8, 4) is 17.1 Å². The highest BCUT2D eigenvalue weighted by atomic mass is 16.5. The molecule has 2 atom stereocenters. The van der Waals surface area contributed by atoms with Crippen LogP contribution in [-0.4, -0.2) is 59.7 Å². The van der Waals surface area contributed by atoms with Gasteiger partial charge in [0.25, 0.3) is 0 Å². The van der Waals surface area contributed by atoms with Gasteiger partial charge in [-0.15, -0.1) is 0 Å². The number of nitrogens with zero attached hydrogens (tertiary/aromatic N) is 3. The van der Waals surface area contributed by atoms with Crippen LogP contribution in [0.5, 0.6) is 5.88 Å². The number of fused-ring (bicyclic) bond motifs is 1. The van der Waals surface area contributed by atoms with Crippen molar-refractivity contribution in [3.05, 3.63) is 36.2 Å². The zero-order valence-electron chi connectivity index (χ0n) is 17.9. The summed E-state index contributed by atoms with van der Waals surface area (Å²) in [6, 6.07) is 8.52. The second-order valence-electron chi connectivity index (χ2n) is 8.44. The van der Waals surface area contributed by atoms with Crippen molar-refractivity contribution < 1.29 is 9.53 Å². The predicted octanol–water partition coefficient (Wildman–Crippen LogP) is 2.25. The number of amides is 1. The number of nitrogens with one attached hydrogen (secondary N) is 3. The molecule has 4 heterocycles. The molecule has 0 aliphatic carbocycles. The van der Waals surface area contributed by atoms with Gasteiger partial charge >= 0.3 is 0 Å². The molecule has 0 unspecified atom stereocenters. The molecule has 0 bridgehead atoms. The highest BCUT2D eigenvalue weighted by molar-refractivity contribution is 5.84. The van der Waals surface area contributed by atoms with E-state index in [9.17, 15) is 4.79 Å². The number of hydrogen-bond donors (Lipinski definition) is 3. The van der Waals surface area contributed by atoms with E-state index >= 15 is 0 Å². The van der Waals surface area contributed by atoms with Gasteiger partial charge in [0.1, 0.15) is 6.10 Å². The summed E-state index contributed by atoms with van der Waals surface area (Å²) in [6.45, 7) is 8.85. The Morgan fingerprint density at radius 2 is 2.06 bits per heavy atom. The van der Waals surface area contributed by atoms with Crippen LogP contribution in [0.3, 0.4) is 0 Å². The molecule has 1 aromatic carbocycles. The number of hydrogen-bond acceptors (Lipinski definition) is 6. The number of rotatable bonds is 5. The zero-order chi connectivity index (χ0) is 21.4. The minimum Gasteiger partial charge on any atom is -0.473 e. The summed E-state index contributed by atoms with van der Waals surface area (Å²) >= 11 is 0. The van der Waals surface area contributed by atoms with Gasteiger partial charge in [0.05, 0.1) is 17.5 Å². The van der Waals surface area contributed by atoms with Gasteiger partial charge in [-0.25, -0.2) is 9.97 Å². The SMILES string of the molecule is Cc1cc(-c2cc3[nH]cnc3c(O[C@H](C)[C@H]3CNC(=O)C3)n2)ccc1N1CCNCC1. The van der Waals surface area contributed by atoms with E-state index in [1.54, 1.807) is 6.33 Å². The van der Waals surface area contributed by atoms with Crippen molar-refractivity contribution in [2.75, 3.05) is 37.6 Å². The smallest absolute Gasteiger partial charge is 0.243 e. The fraction of sp³-hybridized carbons (Fsp3) is 0.435. The molecule has 162 valence electrons. The molecule has 2 fully saturated rings. The standard InChI is InChI=1S/C23H28N6O2/c1-14-9-16(3-4-20(14)29-7-5-24-6-8-29)18-11-19-22(27-13-26-19)23(28-18)31-15(2)17-10-21(30)25-12-17/h3-4,9,11,13,15,17,24H,5-8,10,12H2,1-2H3,(H,25,30)(H,26,27)/t15-,17-/m1/s1. The average Bonchev–Trinajstić information content (AvgIpc) is 3.43. The number of H-pyrrole nitrogens is 1. The summed E-state index contributed by atoms with van der Waals surface area (Å²) in [5.41, 5.74) is 5.99. The third-order valence-electron chi connectivity index (χ3n) is 6.30. The Labute approximate surface area is 181 Å². The van der Waals surface area contributed by atoms with E-state index in [0.29, 0.717) is 24.4 Å². The molecular weight excluding hydrogens is 392 g/mol. The number of anilines is 1. The van der Waals surface area contributed by atoms with Crippen molar-refractivity contribution in [1.82, 2.24) is 25.6 Å². The molecule has 2 aliphatic heterocycles. The largest absolute Gasteiger partial charge is 0.473 e. The van der Waals surface area contributed by atoms with Crippen molar-refractivity contribution in [3.63, 3.8) is 0 Å². The van der Waals surface area contributed by atoms with Crippen molar-refractivity contribution >= 4 is 22.6 Å². The zero-order valence-corrected chi connectivity index (χ0v) is 17.9. The van der Waals surface area contributed by atoms with Gasteiger partial charge in [-0.3, -0.25) is 4.79 Å². The number of aromatic amines is 1. The van der Waals surface area contributed by atoms with Crippen LogP contribution in [0.1, 0.15) is 18.9 Å². The molecule has 1 amide bonds. The minimum atomic E-state index is -0.140. The number of aryl methyl sites for hydroxylation is 1. The molecule has 31 heavy (non-hydrogen) atoms. The molecule has 8 heteroatoms. The first-order chi connectivity index (χ1) is 15.1. The average molecular weight is 421 g/mol. The van der Waals surface area contributed by atoms with Crippen molar-refractivity contribution in [1.29, 1.82) is 0 Å². The summed E-state index contributed by atoms with van der Waals surface area (Å²) in [7, 11) is 0. The molecule has 2 saturated heterocycles. The van der Waals surface area contributed by atoms with Gasteiger partial charge in [0.2, 0.25) is 11.8 Å². The fourth-order valence-corrected chi connectivity index (χ4v) is 4.45. The van der Waals surface area contributed by atoms with Crippen LogP contribution >= 0.6 is 0 Å². The van der Waals surface area contributed by atoms with Gasteiger partial charge in [-0.2, -0.15) is 0 Å². The lowest BCUT2D eigenvalue weighted by Gasteiger charge is -2.30. The van der Waals surface area contributed by atoms with E-state index in [-0.39, 0.29) is 17.9 Å². The third-order valence-corrected chi connectivity index (χ3v) is 6.30. The molecule has 0 saturated carbocycles. The van der Waals surface area contributed by atoms with E-state index in [1.807, 2.05) is 13.0 Å². The molecule has 3 aromatic rings. The van der Waals surface area contributed by atoms with E-state index in [0.717, 1.165) is 43.0 Å². The maximum absolute atomic E-state index is 11.6. The lowest BCUT2D eigenvalue weighted by molar-refractivity contribution is -0.119. The number of carbonyl (C=O) groups is 1.